The molecule has 1 aliphatic rings. The molecule has 0 atom stereocenters. The Morgan fingerprint density at radius 3 is 2.46 bits per heavy atom. The summed E-state index contributed by atoms with van der Waals surface area (Å²) in [5.74, 6) is -0.418. The number of nitrogens with zero attached hydrogens (tertiary/aromatic N) is 2. The predicted molar refractivity (Wildman–Crippen MR) is 90.1 cm³/mol. The summed E-state index contributed by atoms with van der Waals surface area (Å²) >= 11 is 0. The van der Waals surface area contributed by atoms with E-state index in [1.54, 1.807) is 11.0 Å². The van der Waals surface area contributed by atoms with Crippen LogP contribution in [-0.2, 0) is 4.74 Å². The summed E-state index contributed by atoms with van der Waals surface area (Å²) in [7, 11) is 0. The second kappa shape index (κ2) is 7.23. The fourth-order valence-electron chi connectivity index (χ4n) is 2.47. The minimum Gasteiger partial charge on any atom is -0.378 e. The lowest BCUT2D eigenvalue weighted by atomic mass is 10.1. The van der Waals surface area contributed by atoms with Gasteiger partial charge in [-0.25, -0.2) is 0 Å². The zero-order valence-electron chi connectivity index (χ0n) is 13.5. The summed E-state index contributed by atoms with van der Waals surface area (Å²) in [5, 5.41) is 2.81. The van der Waals surface area contributed by atoms with E-state index in [9.17, 15) is 9.59 Å². The number of hydrogen-bond donors (Lipinski definition) is 1. The largest absolute Gasteiger partial charge is 0.378 e. The van der Waals surface area contributed by atoms with E-state index in [2.05, 4.69) is 10.3 Å². The van der Waals surface area contributed by atoms with Crippen LogP contribution in [0.4, 0.5) is 5.69 Å². The van der Waals surface area contributed by atoms with Gasteiger partial charge in [-0.3, -0.25) is 14.6 Å². The van der Waals surface area contributed by atoms with E-state index in [4.69, 9.17) is 4.74 Å². The number of carbonyl (C=O) groups excluding carboxylic acids is 2. The topological polar surface area (TPSA) is 71.5 Å². The lowest BCUT2D eigenvalue weighted by Gasteiger charge is -2.26. The summed E-state index contributed by atoms with van der Waals surface area (Å²) in [6.45, 7) is 4.16. The van der Waals surface area contributed by atoms with Crippen molar-refractivity contribution in [2.24, 2.45) is 0 Å². The average molecular weight is 325 g/mol. The van der Waals surface area contributed by atoms with Gasteiger partial charge in [0.2, 0.25) is 0 Å². The quantitative estimate of drug-likeness (QED) is 0.938. The number of nitrogens with one attached hydrogen (secondary N) is 1. The van der Waals surface area contributed by atoms with Crippen molar-refractivity contribution in [3.63, 3.8) is 0 Å². The second-order valence-electron chi connectivity index (χ2n) is 5.69. The number of rotatable bonds is 3. The molecule has 0 saturated carbocycles. The van der Waals surface area contributed by atoms with Crippen LogP contribution in [0, 0.1) is 6.92 Å². The van der Waals surface area contributed by atoms with Gasteiger partial charge < -0.3 is 15.0 Å². The van der Waals surface area contributed by atoms with Crippen molar-refractivity contribution in [3.05, 3.63) is 59.4 Å². The van der Waals surface area contributed by atoms with Gasteiger partial charge in [-0.15, -0.1) is 0 Å². The maximum absolute atomic E-state index is 12.5. The van der Waals surface area contributed by atoms with Crippen molar-refractivity contribution in [2.75, 3.05) is 31.6 Å². The minimum atomic E-state index is -0.289. The predicted octanol–water partition coefficient (Wildman–Crippen LogP) is 2.11. The molecule has 124 valence electrons. The average Bonchev–Trinajstić information content (AvgIpc) is 2.64. The van der Waals surface area contributed by atoms with Crippen molar-refractivity contribution in [3.8, 4) is 0 Å². The van der Waals surface area contributed by atoms with Crippen molar-refractivity contribution < 1.29 is 14.3 Å². The summed E-state index contributed by atoms with van der Waals surface area (Å²) in [6, 6.07) is 9.10. The first-order chi connectivity index (χ1) is 11.6. The normalized spacial score (nSPS) is 14.3. The third kappa shape index (κ3) is 3.78. The molecule has 1 fully saturated rings. The highest BCUT2D eigenvalue weighted by Gasteiger charge is 2.20. The highest BCUT2D eigenvalue weighted by atomic mass is 16.5. The molecule has 2 heterocycles. The van der Waals surface area contributed by atoms with Crippen molar-refractivity contribution in [1.82, 2.24) is 9.88 Å². The van der Waals surface area contributed by atoms with Gasteiger partial charge in [-0.05, 0) is 25.1 Å². The fraction of sp³-hybridized carbons (Fsp3) is 0.278. The number of benzene rings is 1. The van der Waals surface area contributed by atoms with Crippen molar-refractivity contribution >= 4 is 17.5 Å². The Bertz CT molecular complexity index is 737. The molecule has 0 unspecified atom stereocenters. The molecule has 1 aromatic heterocycles. The smallest absolute Gasteiger partial charge is 0.257 e. The van der Waals surface area contributed by atoms with Crippen LogP contribution in [0.15, 0.2) is 42.7 Å². The molecule has 2 aromatic rings. The second-order valence-corrected chi connectivity index (χ2v) is 5.69. The molecular formula is C18H19N3O3. The first-order valence-corrected chi connectivity index (χ1v) is 7.83. The number of amides is 2. The van der Waals surface area contributed by atoms with E-state index in [1.165, 1.54) is 12.4 Å². The SMILES string of the molecule is Cc1ccc(NC(=O)c2cncc(C(=O)N3CCOCC3)c2)cc1. The standard InChI is InChI=1S/C18H19N3O3/c1-13-2-4-16(5-3-13)20-17(22)14-10-15(12-19-11-14)18(23)21-6-8-24-9-7-21/h2-5,10-12H,6-9H2,1H3,(H,20,22). The lowest BCUT2D eigenvalue weighted by Crippen LogP contribution is -2.40. The van der Waals surface area contributed by atoms with Gasteiger partial charge in [0, 0.05) is 31.2 Å². The van der Waals surface area contributed by atoms with Crippen LogP contribution >= 0.6 is 0 Å². The molecule has 1 N–H and O–H groups in total. The van der Waals surface area contributed by atoms with E-state index in [0.717, 1.165) is 5.56 Å². The molecule has 0 spiro atoms. The number of aryl methyl sites for hydroxylation is 1. The van der Waals surface area contributed by atoms with Crippen LogP contribution in [0.25, 0.3) is 0 Å². The molecule has 3 rings (SSSR count). The van der Waals surface area contributed by atoms with E-state index in [-0.39, 0.29) is 11.8 Å². The maximum Gasteiger partial charge on any atom is 0.257 e. The van der Waals surface area contributed by atoms with Gasteiger partial charge in [0.15, 0.2) is 0 Å². The third-order valence-electron chi connectivity index (χ3n) is 3.86. The number of carbonyl (C=O) groups is 2. The number of ether oxygens (including phenoxy) is 1. The highest BCUT2D eigenvalue weighted by molar-refractivity contribution is 6.05. The molecule has 1 saturated heterocycles. The summed E-state index contributed by atoms with van der Waals surface area (Å²) in [4.78, 5) is 30.6. The molecular weight excluding hydrogens is 306 g/mol. The Balaban J connectivity index is 1.73. The Kier molecular flexibility index (Phi) is 4.86. The molecule has 6 nitrogen and oxygen atoms in total. The number of aromatic nitrogens is 1. The van der Waals surface area contributed by atoms with Crippen LogP contribution in [0.3, 0.4) is 0 Å². The zero-order chi connectivity index (χ0) is 16.9. The first kappa shape index (κ1) is 16.1. The molecule has 1 aliphatic heterocycles. The van der Waals surface area contributed by atoms with E-state index < -0.39 is 0 Å². The summed E-state index contributed by atoms with van der Waals surface area (Å²) < 4.78 is 5.25. The number of pyridine rings is 1. The van der Waals surface area contributed by atoms with Crippen molar-refractivity contribution in [1.29, 1.82) is 0 Å². The number of morpholine rings is 1. The maximum atomic E-state index is 12.5. The van der Waals surface area contributed by atoms with Crippen LogP contribution in [0.1, 0.15) is 26.3 Å². The van der Waals surface area contributed by atoms with Gasteiger partial charge in [-0.2, -0.15) is 0 Å². The number of hydrogen-bond acceptors (Lipinski definition) is 4. The molecule has 6 heteroatoms. The molecule has 24 heavy (non-hydrogen) atoms. The highest BCUT2D eigenvalue weighted by Crippen LogP contribution is 2.13. The van der Waals surface area contributed by atoms with Gasteiger partial charge in [-0.1, -0.05) is 17.7 Å². The van der Waals surface area contributed by atoms with E-state index in [1.807, 2.05) is 31.2 Å². The van der Waals surface area contributed by atoms with Crippen LogP contribution in [-0.4, -0.2) is 48.0 Å². The Morgan fingerprint density at radius 1 is 1.08 bits per heavy atom. The van der Waals surface area contributed by atoms with Gasteiger partial charge in [0.1, 0.15) is 0 Å². The monoisotopic (exact) mass is 325 g/mol. The van der Waals surface area contributed by atoms with Crippen LogP contribution in [0.2, 0.25) is 0 Å². The minimum absolute atomic E-state index is 0.129. The lowest BCUT2D eigenvalue weighted by molar-refractivity contribution is 0.0302. The molecule has 0 radical (unpaired) electrons. The Labute approximate surface area is 140 Å². The summed E-state index contributed by atoms with van der Waals surface area (Å²) in [5.41, 5.74) is 2.59. The van der Waals surface area contributed by atoms with Crippen molar-refractivity contribution in [2.45, 2.75) is 6.92 Å². The van der Waals surface area contributed by atoms with Crippen LogP contribution < -0.4 is 5.32 Å². The molecule has 0 aliphatic carbocycles. The Hall–Kier alpha value is -2.73. The van der Waals surface area contributed by atoms with Gasteiger partial charge in [0.25, 0.3) is 11.8 Å². The zero-order valence-corrected chi connectivity index (χ0v) is 13.5. The van der Waals surface area contributed by atoms with Gasteiger partial charge in [0.05, 0.1) is 24.3 Å². The fourth-order valence-corrected chi connectivity index (χ4v) is 2.47. The molecule has 0 bridgehead atoms. The van der Waals surface area contributed by atoms with Gasteiger partial charge >= 0.3 is 0 Å². The first-order valence-electron chi connectivity index (χ1n) is 7.83. The van der Waals surface area contributed by atoms with E-state index in [0.29, 0.717) is 43.1 Å². The molecule has 1 aromatic carbocycles. The Morgan fingerprint density at radius 2 is 1.75 bits per heavy atom. The number of anilines is 1. The van der Waals surface area contributed by atoms with E-state index >= 15 is 0 Å². The molecule has 2 amide bonds. The summed E-state index contributed by atoms with van der Waals surface area (Å²) in [6.07, 6.45) is 2.94. The third-order valence-corrected chi connectivity index (χ3v) is 3.86. The van der Waals surface area contributed by atoms with Crippen LogP contribution in [0.5, 0.6) is 0 Å².